The summed E-state index contributed by atoms with van der Waals surface area (Å²) in [6, 6.07) is 0.943. The molecule has 0 aliphatic carbocycles. The topological polar surface area (TPSA) is 65.2 Å². The van der Waals surface area contributed by atoms with Gasteiger partial charge in [0.1, 0.15) is 5.69 Å². The van der Waals surface area contributed by atoms with Gasteiger partial charge >= 0.3 is 0 Å². The van der Waals surface area contributed by atoms with Crippen LogP contribution in [0.25, 0.3) is 0 Å². The molecule has 0 saturated carbocycles. The van der Waals surface area contributed by atoms with E-state index in [2.05, 4.69) is 4.98 Å². The Bertz CT molecular complexity index is 394. The van der Waals surface area contributed by atoms with Crippen LogP contribution in [0.5, 0.6) is 5.75 Å². The largest absolute Gasteiger partial charge is 0.494 e. The fraction of sp³-hybridized carbons (Fsp3) is 0.333. The lowest BCUT2D eigenvalue weighted by Crippen LogP contribution is -2.14. The molecular weight excluding hydrogens is 206 g/mol. The molecule has 0 unspecified atom stereocenters. The molecule has 1 rings (SSSR count). The molecule has 15 heavy (non-hydrogen) atoms. The molecule has 82 valence electrons. The minimum absolute atomic E-state index is 0.0831. The van der Waals surface area contributed by atoms with E-state index in [1.54, 1.807) is 0 Å². The van der Waals surface area contributed by atoms with Crippen molar-refractivity contribution in [2.24, 2.45) is 5.73 Å². The number of nitrogens with two attached hydrogens (primary N) is 1. The Balaban J connectivity index is 3.38. The second-order valence-electron chi connectivity index (χ2n) is 2.88. The highest BCUT2D eigenvalue weighted by molar-refractivity contribution is 5.96. The van der Waals surface area contributed by atoms with Crippen molar-refractivity contribution in [3.8, 4) is 5.75 Å². The minimum Gasteiger partial charge on any atom is -0.494 e. The van der Waals surface area contributed by atoms with Gasteiger partial charge in [0.2, 0.25) is 0 Å². The van der Waals surface area contributed by atoms with Gasteiger partial charge < -0.3 is 10.5 Å². The third-order valence-electron chi connectivity index (χ3n) is 1.86. The third kappa shape index (κ3) is 2.20. The number of hydrogen-bond donors (Lipinski definition) is 1. The molecule has 1 aromatic rings. The molecule has 6 heteroatoms. The van der Waals surface area contributed by atoms with Gasteiger partial charge in [-0.2, -0.15) is 0 Å². The lowest BCUT2D eigenvalue weighted by molar-refractivity contribution is 0.0996. The maximum absolute atomic E-state index is 12.4. The zero-order valence-electron chi connectivity index (χ0n) is 8.25. The molecule has 0 aliphatic heterocycles. The summed E-state index contributed by atoms with van der Waals surface area (Å²) in [5.41, 5.74) is 4.68. The standard InChI is InChI=1S/C9H10F2N2O2/c1-4-7(15-2)5(9(12)14)3-6(13-4)8(10)11/h3,8H,1-2H3,(H2,12,14). The van der Waals surface area contributed by atoms with Gasteiger partial charge in [-0.25, -0.2) is 13.8 Å². The minimum atomic E-state index is -2.74. The Morgan fingerprint density at radius 2 is 2.20 bits per heavy atom. The van der Waals surface area contributed by atoms with Crippen molar-refractivity contribution in [3.05, 3.63) is 23.0 Å². The van der Waals surface area contributed by atoms with Crippen molar-refractivity contribution in [1.29, 1.82) is 0 Å². The number of hydrogen-bond acceptors (Lipinski definition) is 3. The molecule has 0 bridgehead atoms. The van der Waals surface area contributed by atoms with Crippen molar-refractivity contribution in [1.82, 2.24) is 4.98 Å². The quantitative estimate of drug-likeness (QED) is 0.831. The summed E-state index contributed by atoms with van der Waals surface area (Å²) in [6.45, 7) is 1.47. The molecule has 0 aliphatic rings. The summed E-state index contributed by atoms with van der Waals surface area (Å²) in [7, 11) is 1.32. The average Bonchev–Trinajstić information content (AvgIpc) is 2.16. The van der Waals surface area contributed by atoms with Crippen molar-refractivity contribution < 1.29 is 18.3 Å². The van der Waals surface area contributed by atoms with E-state index in [1.165, 1.54) is 14.0 Å². The first-order chi connectivity index (χ1) is 6.97. The van der Waals surface area contributed by atoms with E-state index >= 15 is 0 Å². The first-order valence-corrected chi connectivity index (χ1v) is 4.10. The highest BCUT2D eigenvalue weighted by Gasteiger charge is 2.18. The summed E-state index contributed by atoms with van der Waals surface area (Å²) in [5, 5.41) is 0. The van der Waals surface area contributed by atoms with Crippen molar-refractivity contribution in [2.75, 3.05) is 7.11 Å². The van der Waals surface area contributed by atoms with Crippen molar-refractivity contribution in [2.45, 2.75) is 13.3 Å². The number of halogens is 2. The molecular formula is C9H10F2N2O2. The van der Waals surface area contributed by atoms with Crippen LogP contribution in [0.4, 0.5) is 8.78 Å². The number of methoxy groups -OCH3 is 1. The van der Waals surface area contributed by atoms with Crippen LogP contribution < -0.4 is 10.5 Å². The number of carbonyl (C=O) groups excluding carboxylic acids is 1. The zero-order chi connectivity index (χ0) is 11.6. The highest BCUT2D eigenvalue weighted by atomic mass is 19.3. The lowest BCUT2D eigenvalue weighted by atomic mass is 10.1. The molecule has 0 atom stereocenters. The number of alkyl halides is 2. The Morgan fingerprint density at radius 3 is 2.60 bits per heavy atom. The van der Waals surface area contributed by atoms with Crippen LogP contribution in [0, 0.1) is 6.92 Å². The van der Waals surface area contributed by atoms with Crippen LogP contribution >= 0.6 is 0 Å². The monoisotopic (exact) mass is 216 g/mol. The van der Waals surface area contributed by atoms with Crippen molar-refractivity contribution in [3.63, 3.8) is 0 Å². The van der Waals surface area contributed by atoms with Crippen LogP contribution in [-0.2, 0) is 0 Å². The third-order valence-corrected chi connectivity index (χ3v) is 1.86. The Morgan fingerprint density at radius 1 is 1.60 bits per heavy atom. The van der Waals surface area contributed by atoms with E-state index in [4.69, 9.17) is 10.5 Å². The SMILES string of the molecule is COc1c(C(N)=O)cc(C(F)F)nc1C. The van der Waals surface area contributed by atoms with Gasteiger partial charge in [-0.1, -0.05) is 0 Å². The second-order valence-corrected chi connectivity index (χ2v) is 2.88. The summed E-state index contributed by atoms with van der Waals surface area (Å²) < 4.78 is 29.6. The number of pyridine rings is 1. The van der Waals surface area contributed by atoms with Crippen LogP contribution in [-0.4, -0.2) is 18.0 Å². The number of rotatable bonds is 3. The van der Waals surface area contributed by atoms with Gasteiger partial charge in [0.05, 0.1) is 18.4 Å². The number of nitrogens with zero attached hydrogens (tertiary/aromatic N) is 1. The lowest BCUT2D eigenvalue weighted by Gasteiger charge is -2.10. The molecule has 1 aromatic heterocycles. The first-order valence-electron chi connectivity index (χ1n) is 4.10. The number of aromatic nitrogens is 1. The van der Waals surface area contributed by atoms with Crippen molar-refractivity contribution >= 4 is 5.91 Å². The average molecular weight is 216 g/mol. The van der Waals surface area contributed by atoms with Gasteiger partial charge in [-0.15, -0.1) is 0 Å². The summed E-state index contributed by atoms with van der Waals surface area (Å²) in [6.07, 6.45) is -2.74. The molecule has 1 amide bonds. The van der Waals surface area contributed by atoms with Crippen LogP contribution in [0.15, 0.2) is 6.07 Å². The predicted octanol–water partition coefficient (Wildman–Crippen LogP) is 1.44. The second kappa shape index (κ2) is 4.20. The molecule has 0 fully saturated rings. The summed E-state index contributed by atoms with van der Waals surface area (Å²) >= 11 is 0. The molecule has 0 radical (unpaired) electrons. The van der Waals surface area contributed by atoms with E-state index in [0.717, 1.165) is 6.07 Å². The molecule has 1 heterocycles. The van der Waals surface area contributed by atoms with E-state index in [-0.39, 0.29) is 17.0 Å². The fourth-order valence-electron chi connectivity index (χ4n) is 1.24. The smallest absolute Gasteiger partial charge is 0.280 e. The van der Waals surface area contributed by atoms with Gasteiger partial charge in [0.15, 0.2) is 5.75 Å². The van der Waals surface area contributed by atoms with Crippen LogP contribution in [0.2, 0.25) is 0 Å². The van der Waals surface area contributed by atoms with Crippen LogP contribution in [0.1, 0.15) is 28.2 Å². The van der Waals surface area contributed by atoms with E-state index < -0.39 is 18.0 Å². The van der Waals surface area contributed by atoms with E-state index in [9.17, 15) is 13.6 Å². The van der Waals surface area contributed by atoms with Gasteiger partial charge in [-0.3, -0.25) is 4.79 Å². The molecule has 0 aromatic carbocycles. The first kappa shape index (κ1) is 11.4. The Kier molecular flexibility index (Phi) is 3.18. The maximum Gasteiger partial charge on any atom is 0.280 e. The fourth-order valence-corrected chi connectivity index (χ4v) is 1.24. The normalized spacial score (nSPS) is 10.5. The van der Waals surface area contributed by atoms with Gasteiger partial charge in [-0.05, 0) is 13.0 Å². The number of ether oxygens (including phenoxy) is 1. The highest BCUT2D eigenvalue weighted by Crippen LogP contribution is 2.26. The van der Waals surface area contributed by atoms with Crippen LogP contribution in [0.3, 0.4) is 0 Å². The summed E-state index contributed by atoms with van der Waals surface area (Å²) in [4.78, 5) is 14.6. The van der Waals surface area contributed by atoms with Gasteiger partial charge in [0.25, 0.3) is 12.3 Å². The molecule has 0 spiro atoms. The zero-order valence-corrected chi connectivity index (χ0v) is 8.25. The van der Waals surface area contributed by atoms with E-state index in [0.29, 0.717) is 0 Å². The number of amides is 1. The molecule has 4 nitrogen and oxygen atoms in total. The van der Waals surface area contributed by atoms with E-state index in [1.807, 2.05) is 0 Å². The Labute approximate surface area is 85.1 Å². The van der Waals surface area contributed by atoms with Gasteiger partial charge in [0, 0.05) is 0 Å². The number of primary amides is 1. The predicted molar refractivity (Wildman–Crippen MR) is 49.0 cm³/mol. The summed E-state index contributed by atoms with van der Waals surface area (Å²) in [5.74, 6) is -0.689. The number of carbonyl (C=O) groups is 1. The Hall–Kier alpha value is -1.72. The number of aryl methyl sites for hydroxylation is 1. The maximum atomic E-state index is 12.4. The molecule has 0 saturated heterocycles. The molecule has 2 N–H and O–H groups in total.